The minimum atomic E-state index is 0.569. The van der Waals surface area contributed by atoms with Gasteiger partial charge in [-0.1, -0.05) is 32.8 Å². The van der Waals surface area contributed by atoms with E-state index in [1.807, 2.05) is 12.1 Å². The molecule has 0 fully saturated rings. The molecule has 14 heavy (non-hydrogen) atoms. The minimum absolute atomic E-state index is 0.569. The van der Waals surface area contributed by atoms with Gasteiger partial charge in [0.05, 0.1) is 0 Å². The van der Waals surface area contributed by atoms with Crippen LogP contribution in [-0.4, -0.2) is 11.5 Å². The molecule has 1 heterocycles. The fraction of sp³-hybridized carbons (Fsp3) is 0.545. The lowest BCUT2D eigenvalue weighted by Crippen LogP contribution is -2.13. The van der Waals surface area contributed by atoms with Gasteiger partial charge in [-0.25, -0.2) is 4.98 Å². The molecule has 0 bridgehead atoms. The number of anilines is 2. The van der Waals surface area contributed by atoms with Gasteiger partial charge in [-0.3, -0.25) is 0 Å². The monoisotopic (exact) mass is 193 g/mol. The molecule has 1 aromatic rings. The van der Waals surface area contributed by atoms with Crippen LogP contribution in [0.5, 0.6) is 0 Å². The van der Waals surface area contributed by atoms with Gasteiger partial charge in [0.25, 0.3) is 0 Å². The van der Waals surface area contributed by atoms with Crippen LogP contribution >= 0.6 is 0 Å². The number of pyridine rings is 1. The van der Waals surface area contributed by atoms with Crippen LogP contribution in [0.25, 0.3) is 0 Å². The Kier molecular flexibility index (Phi) is 4.23. The molecule has 0 saturated carbocycles. The maximum absolute atomic E-state index is 5.58. The molecule has 3 N–H and O–H groups in total. The summed E-state index contributed by atoms with van der Waals surface area (Å²) in [4.78, 5) is 4.18. The van der Waals surface area contributed by atoms with Gasteiger partial charge in [0.2, 0.25) is 0 Å². The number of aromatic nitrogens is 1. The van der Waals surface area contributed by atoms with Gasteiger partial charge in [0.1, 0.15) is 11.6 Å². The summed E-state index contributed by atoms with van der Waals surface area (Å²) in [6.07, 6.45) is 2.40. The Morgan fingerprint density at radius 2 is 2.07 bits per heavy atom. The molecule has 0 aliphatic heterocycles. The smallest absolute Gasteiger partial charge is 0.128 e. The molecule has 3 heteroatoms. The molecule has 0 aliphatic rings. The largest absolute Gasteiger partial charge is 0.384 e. The van der Waals surface area contributed by atoms with Crippen molar-refractivity contribution in [1.82, 2.24) is 4.98 Å². The maximum Gasteiger partial charge on any atom is 0.128 e. The predicted molar refractivity (Wildman–Crippen MR) is 61.2 cm³/mol. The summed E-state index contributed by atoms with van der Waals surface area (Å²) >= 11 is 0. The number of nitrogen functional groups attached to an aromatic ring is 1. The Bertz CT molecular complexity index is 269. The summed E-state index contributed by atoms with van der Waals surface area (Å²) < 4.78 is 0. The number of hydrogen-bond donors (Lipinski definition) is 2. The van der Waals surface area contributed by atoms with Gasteiger partial charge in [-0.15, -0.1) is 0 Å². The lowest BCUT2D eigenvalue weighted by atomic mass is 10.0. The first-order valence-corrected chi connectivity index (χ1v) is 5.22. The highest BCUT2D eigenvalue weighted by molar-refractivity contribution is 5.42. The van der Waals surface area contributed by atoms with Gasteiger partial charge >= 0.3 is 0 Å². The summed E-state index contributed by atoms with van der Waals surface area (Å²) in [5, 5.41) is 3.30. The van der Waals surface area contributed by atoms with Gasteiger partial charge in [0.15, 0.2) is 0 Å². The standard InChI is InChI=1S/C11H19N3/c1-3-9(4-2)8-13-11-7-5-6-10(12)14-11/h5-7,9H,3-4,8H2,1-2H3,(H3,12,13,14). The fourth-order valence-electron chi connectivity index (χ4n) is 1.38. The summed E-state index contributed by atoms with van der Waals surface area (Å²) in [5.41, 5.74) is 5.58. The molecule has 1 aromatic heterocycles. The summed E-state index contributed by atoms with van der Waals surface area (Å²) in [6.45, 7) is 5.40. The first kappa shape index (κ1) is 10.8. The van der Waals surface area contributed by atoms with Gasteiger partial charge < -0.3 is 11.1 Å². The van der Waals surface area contributed by atoms with E-state index >= 15 is 0 Å². The minimum Gasteiger partial charge on any atom is -0.384 e. The fourth-order valence-corrected chi connectivity index (χ4v) is 1.38. The SMILES string of the molecule is CCC(CC)CNc1cccc(N)n1. The van der Waals surface area contributed by atoms with Crippen LogP contribution in [0.4, 0.5) is 11.6 Å². The van der Waals surface area contributed by atoms with Crippen LogP contribution in [0.1, 0.15) is 26.7 Å². The molecule has 0 unspecified atom stereocenters. The highest BCUT2D eigenvalue weighted by Crippen LogP contribution is 2.10. The van der Waals surface area contributed by atoms with Gasteiger partial charge in [-0.05, 0) is 18.1 Å². The van der Waals surface area contributed by atoms with Crippen molar-refractivity contribution in [2.45, 2.75) is 26.7 Å². The van der Waals surface area contributed by atoms with E-state index in [9.17, 15) is 0 Å². The van der Waals surface area contributed by atoms with E-state index in [1.165, 1.54) is 12.8 Å². The Balaban J connectivity index is 2.44. The molecular weight excluding hydrogens is 174 g/mol. The lowest BCUT2D eigenvalue weighted by molar-refractivity contribution is 0.518. The van der Waals surface area contributed by atoms with Crippen molar-refractivity contribution in [1.29, 1.82) is 0 Å². The van der Waals surface area contributed by atoms with Crippen LogP contribution in [-0.2, 0) is 0 Å². The zero-order valence-corrected chi connectivity index (χ0v) is 8.96. The second-order valence-electron chi connectivity index (χ2n) is 3.51. The molecule has 0 amide bonds. The zero-order valence-electron chi connectivity index (χ0n) is 8.96. The van der Waals surface area contributed by atoms with Crippen LogP contribution in [0, 0.1) is 5.92 Å². The number of nitrogens with two attached hydrogens (primary N) is 1. The summed E-state index contributed by atoms with van der Waals surface area (Å²) in [7, 11) is 0. The second-order valence-corrected chi connectivity index (χ2v) is 3.51. The Morgan fingerprint density at radius 1 is 1.36 bits per heavy atom. The van der Waals surface area contributed by atoms with Crippen LogP contribution in [0.2, 0.25) is 0 Å². The second kappa shape index (κ2) is 5.47. The first-order valence-electron chi connectivity index (χ1n) is 5.22. The van der Waals surface area contributed by atoms with Crippen molar-refractivity contribution >= 4 is 11.6 Å². The zero-order chi connectivity index (χ0) is 10.4. The maximum atomic E-state index is 5.58. The molecular formula is C11H19N3. The van der Waals surface area contributed by atoms with Crippen molar-refractivity contribution < 1.29 is 0 Å². The number of nitrogens with zero attached hydrogens (tertiary/aromatic N) is 1. The van der Waals surface area contributed by atoms with Gasteiger partial charge in [-0.2, -0.15) is 0 Å². The Hall–Kier alpha value is -1.25. The van der Waals surface area contributed by atoms with Crippen LogP contribution in [0.3, 0.4) is 0 Å². The van der Waals surface area contributed by atoms with E-state index in [4.69, 9.17) is 5.73 Å². The Labute approximate surface area is 85.7 Å². The Morgan fingerprint density at radius 3 is 2.64 bits per heavy atom. The third-order valence-corrected chi connectivity index (χ3v) is 2.50. The average Bonchev–Trinajstić information content (AvgIpc) is 2.19. The molecule has 1 rings (SSSR count). The number of rotatable bonds is 5. The normalized spacial score (nSPS) is 10.5. The quantitative estimate of drug-likeness (QED) is 0.755. The molecule has 0 atom stereocenters. The van der Waals surface area contributed by atoms with Crippen molar-refractivity contribution in [3.63, 3.8) is 0 Å². The molecule has 3 nitrogen and oxygen atoms in total. The summed E-state index contributed by atoms with van der Waals surface area (Å²) in [6, 6.07) is 5.65. The predicted octanol–water partition coefficient (Wildman–Crippen LogP) is 2.51. The molecule has 0 spiro atoms. The average molecular weight is 193 g/mol. The van der Waals surface area contributed by atoms with E-state index in [2.05, 4.69) is 24.1 Å². The van der Waals surface area contributed by atoms with Crippen molar-refractivity contribution in [3.8, 4) is 0 Å². The van der Waals surface area contributed by atoms with Crippen LogP contribution in [0.15, 0.2) is 18.2 Å². The van der Waals surface area contributed by atoms with Crippen molar-refractivity contribution in [3.05, 3.63) is 18.2 Å². The molecule has 0 radical (unpaired) electrons. The van der Waals surface area contributed by atoms with Crippen molar-refractivity contribution in [2.24, 2.45) is 5.92 Å². The van der Waals surface area contributed by atoms with E-state index in [-0.39, 0.29) is 0 Å². The number of hydrogen-bond acceptors (Lipinski definition) is 3. The lowest BCUT2D eigenvalue weighted by Gasteiger charge is -2.13. The van der Waals surface area contributed by atoms with E-state index in [0.717, 1.165) is 18.3 Å². The topological polar surface area (TPSA) is 50.9 Å². The highest BCUT2D eigenvalue weighted by atomic mass is 15.0. The van der Waals surface area contributed by atoms with E-state index in [1.54, 1.807) is 6.07 Å². The third-order valence-electron chi connectivity index (χ3n) is 2.50. The molecule has 0 saturated heterocycles. The first-order chi connectivity index (χ1) is 6.76. The molecule has 78 valence electrons. The third kappa shape index (κ3) is 3.24. The molecule has 0 aromatic carbocycles. The molecule has 0 aliphatic carbocycles. The van der Waals surface area contributed by atoms with E-state index < -0.39 is 0 Å². The highest BCUT2D eigenvalue weighted by Gasteiger charge is 2.02. The number of nitrogens with one attached hydrogen (secondary N) is 1. The summed E-state index contributed by atoms with van der Waals surface area (Å²) in [5.74, 6) is 2.16. The van der Waals surface area contributed by atoms with E-state index in [0.29, 0.717) is 5.82 Å². The van der Waals surface area contributed by atoms with Crippen molar-refractivity contribution in [2.75, 3.05) is 17.6 Å². The van der Waals surface area contributed by atoms with Gasteiger partial charge in [0, 0.05) is 6.54 Å². The van der Waals surface area contributed by atoms with Crippen LogP contribution < -0.4 is 11.1 Å².